The van der Waals surface area contributed by atoms with Crippen LogP contribution < -0.4 is 5.73 Å². The van der Waals surface area contributed by atoms with Crippen LogP contribution in [0, 0.1) is 5.82 Å². The third-order valence-corrected chi connectivity index (χ3v) is 3.20. The number of fused-ring (bicyclic) bond motifs is 1. The molecular formula is C13H9BrFN3. The number of hydrogen-bond acceptors (Lipinski definition) is 2. The Kier molecular flexibility index (Phi) is 2.56. The van der Waals surface area contributed by atoms with Crippen molar-refractivity contribution in [3.8, 4) is 5.69 Å². The summed E-state index contributed by atoms with van der Waals surface area (Å²) in [5, 5.41) is 0. The van der Waals surface area contributed by atoms with Crippen LogP contribution in [0.1, 0.15) is 0 Å². The van der Waals surface area contributed by atoms with Gasteiger partial charge in [0.15, 0.2) is 0 Å². The first kappa shape index (κ1) is 11.2. The first-order valence-electron chi connectivity index (χ1n) is 5.34. The predicted octanol–water partition coefficient (Wildman–Crippen LogP) is 3.51. The van der Waals surface area contributed by atoms with Crippen molar-refractivity contribution in [1.29, 1.82) is 0 Å². The van der Waals surface area contributed by atoms with E-state index in [1.54, 1.807) is 10.6 Å². The normalized spacial score (nSPS) is 11.0. The van der Waals surface area contributed by atoms with E-state index in [0.29, 0.717) is 11.5 Å². The first-order valence-corrected chi connectivity index (χ1v) is 6.14. The Hall–Kier alpha value is -1.88. The van der Waals surface area contributed by atoms with Crippen molar-refractivity contribution >= 4 is 32.9 Å². The number of nitrogen functional groups attached to an aromatic ring is 1. The van der Waals surface area contributed by atoms with Gasteiger partial charge in [0.25, 0.3) is 0 Å². The van der Waals surface area contributed by atoms with Crippen LogP contribution in [0.5, 0.6) is 0 Å². The van der Waals surface area contributed by atoms with Crippen LogP contribution in [0.4, 0.5) is 10.3 Å². The van der Waals surface area contributed by atoms with Crippen molar-refractivity contribution < 1.29 is 4.39 Å². The summed E-state index contributed by atoms with van der Waals surface area (Å²) in [7, 11) is 0. The highest BCUT2D eigenvalue weighted by atomic mass is 79.9. The molecule has 3 nitrogen and oxygen atoms in total. The Balaban J connectivity index is 2.32. The summed E-state index contributed by atoms with van der Waals surface area (Å²) in [6, 6.07) is 12.1. The molecule has 0 fully saturated rings. The van der Waals surface area contributed by atoms with E-state index in [0.717, 1.165) is 15.7 Å². The zero-order valence-electron chi connectivity index (χ0n) is 9.27. The molecule has 0 unspecified atom stereocenters. The van der Waals surface area contributed by atoms with Crippen LogP contribution in [0.2, 0.25) is 0 Å². The lowest BCUT2D eigenvalue weighted by atomic mass is 10.3. The molecule has 3 aromatic rings. The second-order valence-corrected chi connectivity index (χ2v) is 4.83. The summed E-state index contributed by atoms with van der Waals surface area (Å²) >= 11 is 3.41. The van der Waals surface area contributed by atoms with Gasteiger partial charge < -0.3 is 5.73 Å². The minimum absolute atomic E-state index is 0.318. The van der Waals surface area contributed by atoms with E-state index < -0.39 is 0 Å². The predicted molar refractivity (Wildman–Crippen MR) is 73.1 cm³/mol. The quantitative estimate of drug-likeness (QED) is 0.747. The monoisotopic (exact) mass is 305 g/mol. The van der Waals surface area contributed by atoms with Crippen molar-refractivity contribution in [1.82, 2.24) is 9.55 Å². The minimum Gasteiger partial charge on any atom is -0.369 e. The van der Waals surface area contributed by atoms with E-state index in [9.17, 15) is 4.39 Å². The van der Waals surface area contributed by atoms with Crippen LogP contribution in [0.3, 0.4) is 0 Å². The molecule has 2 N–H and O–H groups in total. The SMILES string of the molecule is Nc1nc2cc(F)ccc2n1-c1cccc(Br)c1. The number of nitrogens with zero attached hydrogens (tertiary/aromatic N) is 2. The molecule has 5 heteroatoms. The van der Waals surface area contributed by atoms with Crippen LogP contribution in [0.15, 0.2) is 46.9 Å². The average molecular weight is 306 g/mol. The molecule has 0 amide bonds. The highest BCUT2D eigenvalue weighted by Crippen LogP contribution is 2.25. The minimum atomic E-state index is -0.318. The summed E-state index contributed by atoms with van der Waals surface area (Å²) in [4.78, 5) is 4.17. The van der Waals surface area contributed by atoms with Crippen LogP contribution >= 0.6 is 15.9 Å². The van der Waals surface area contributed by atoms with Crippen LogP contribution in [-0.4, -0.2) is 9.55 Å². The van der Waals surface area contributed by atoms with Crippen molar-refractivity contribution in [2.75, 3.05) is 5.73 Å². The highest BCUT2D eigenvalue weighted by molar-refractivity contribution is 9.10. The Labute approximate surface area is 111 Å². The van der Waals surface area contributed by atoms with Gasteiger partial charge in [-0.2, -0.15) is 0 Å². The van der Waals surface area contributed by atoms with Gasteiger partial charge >= 0.3 is 0 Å². The molecular weight excluding hydrogens is 297 g/mol. The van der Waals surface area contributed by atoms with Gasteiger partial charge in [-0.3, -0.25) is 4.57 Å². The molecule has 2 aromatic carbocycles. The van der Waals surface area contributed by atoms with Gasteiger partial charge in [-0.1, -0.05) is 22.0 Å². The fourth-order valence-electron chi connectivity index (χ4n) is 1.96. The number of benzene rings is 2. The fraction of sp³-hybridized carbons (Fsp3) is 0. The van der Waals surface area contributed by atoms with Gasteiger partial charge in [0, 0.05) is 10.5 Å². The number of nitrogens with two attached hydrogens (primary N) is 1. The van der Waals surface area contributed by atoms with E-state index in [1.807, 2.05) is 24.3 Å². The van der Waals surface area contributed by atoms with E-state index >= 15 is 0 Å². The lowest BCUT2D eigenvalue weighted by Gasteiger charge is -2.06. The maximum absolute atomic E-state index is 13.1. The second-order valence-electron chi connectivity index (χ2n) is 3.92. The van der Waals surface area contributed by atoms with Crippen LogP contribution in [-0.2, 0) is 0 Å². The molecule has 0 spiro atoms. The van der Waals surface area contributed by atoms with Gasteiger partial charge in [-0.15, -0.1) is 0 Å². The Bertz CT molecular complexity index is 736. The number of anilines is 1. The number of rotatable bonds is 1. The van der Waals surface area contributed by atoms with E-state index in [2.05, 4.69) is 20.9 Å². The third-order valence-electron chi connectivity index (χ3n) is 2.71. The van der Waals surface area contributed by atoms with E-state index in [-0.39, 0.29) is 5.82 Å². The summed E-state index contributed by atoms with van der Waals surface area (Å²) in [5.41, 5.74) is 8.12. The van der Waals surface area contributed by atoms with Gasteiger partial charge in [-0.05, 0) is 30.3 Å². The van der Waals surface area contributed by atoms with Gasteiger partial charge in [-0.25, -0.2) is 9.37 Å². The zero-order valence-corrected chi connectivity index (χ0v) is 10.9. The van der Waals surface area contributed by atoms with Crippen molar-refractivity contribution in [2.24, 2.45) is 0 Å². The average Bonchev–Trinajstić information content (AvgIpc) is 2.64. The number of aromatic nitrogens is 2. The summed E-state index contributed by atoms with van der Waals surface area (Å²) < 4.78 is 15.9. The molecule has 0 saturated heterocycles. The lowest BCUT2D eigenvalue weighted by molar-refractivity contribution is 0.629. The van der Waals surface area contributed by atoms with Crippen molar-refractivity contribution in [3.63, 3.8) is 0 Å². The number of hydrogen-bond donors (Lipinski definition) is 1. The van der Waals surface area contributed by atoms with E-state index in [4.69, 9.17) is 5.73 Å². The van der Waals surface area contributed by atoms with E-state index in [1.165, 1.54) is 12.1 Å². The maximum Gasteiger partial charge on any atom is 0.205 e. The molecule has 0 aliphatic rings. The largest absolute Gasteiger partial charge is 0.369 e. The Morgan fingerprint density at radius 1 is 1.17 bits per heavy atom. The first-order chi connectivity index (χ1) is 8.65. The summed E-state index contributed by atoms with van der Waals surface area (Å²) in [5.74, 6) is 0.0232. The maximum atomic E-state index is 13.1. The number of imidazole rings is 1. The molecule has 90 valence electrons. The molecule has 0 saturated carbocycles. The lowest BCUT2D eigenvalue weighted by Crippen LogP contribution is -2.00. The van der Waals surface area contributed by atoms with Crippen molar-refractivity contribution in [3.05, 3.63) is 52.8 Å². The van der Waals surface area contributed by atoms with Crippen molar-refractivity contribution in [2.45, 2.75) is 0 Å². The Morgan fingerprint density at radius 2 is 2.00 bits per heavy atom. The summed E-state index contributed by atoms with van der Waals surface area (Å²) in [6.45, 7) is 0. The smallest absolute Gasteiger partial charge is 0.205 e. The molecule has 0 atom stereocenters. The molecule has 1 aromatic heterocycles. The number of halogens is 2. The molecule has 18 heavy (non-hydrogen) atoms. The highest BCUT2D eigenvalue weighted by Gasteiger charge is 2.10. The molecule has 0 aliphatic carbocycles. The Morgan fingerprint density at radius 3 is 2.78 bits per heavy atom. The zero-order chi connectivity index (χ0) is 12.7. The molecule has 1 heterocycles. The second kappa shape index (κ2) is 4.10. The van der Waals surface area contributed by atoms with Gasteiger partial charge in [0.05, 0.1) is 16.7 Å². The molecule has 0 aliphatic heterocycles. The summed E-state index contributed by atoms with van der Waals surface area (Å²) in [6.07, 6.45) is 0. The van der Waals surface area contributed by atoms with Gasteiger partial charge in [0.2, 0.25) is 5.95 Å². The van der Waals surface area contributed by atoms with Crippen LogP contribution in [0.25, 0.3) is 16.7 Å². The third kappa shape index (κ3) is 1.76. The topological polar surface area (TPSA) is 43.8 Å². The van der Waals surface area contributed by atoms with Gasteiger partial charge in [0.1, 0.15) is 5.82 Å². The molecule has 3 rings (SSSR count). The standard InChI is InChI=1S/C13H9BrFN3/c14-8-2-1-3-10(6-8)18-12-5-4-9(15)7-11(12)17-13(18)16/h1-7H,(H2,16,17). The fourth-order valence-corrected chi connectivity index (χ4v) is 2.35. The molecule has 0 bridgehead atoms. The molecule has 0 radical (unpaired) electrons.